The highest BCUT2D eigenvalue weighted by atomic mass is 35.5. The molecular formula is C23H24Cl2N2O3. The zero-order chi connectivity index (χ0) is 21.8. The lowest BCUT2D eigenvalue weighted by atomic mass is 10.1. The Kier molecular flexibility index (Phi) is 7.06. The molecule has 0 unspecified atom stereocenters. The lowest BCUT2D eigenvalue weighted by Gasteiger charge is -2.13. The van der Waals surface area contributed by atoms with E-state index >= 15 is 0 Å². The van der Waals surface area contributed by atoms with E-state index in [0.29, 0.717) is 51.0 Å². The van der Waals surface area contributed by atoms with Gasteiger partial charge < -0.3 is 9.47 Å². The molecule has 1 aliphatic heterocycles. The zero-order valence-electron chi connectivity index (χ0n) is 17.4. The van der Waals surface area contributed by atoms with E-state index in [1.54, 1.807) is 38.3 Å². The minimum absolute atomic E-state index is 0.234. The van der Waals surface area contributed by atoms with E-state index in [0.717, 1.165) is 12.0 Å². The van der Waals surface area contributed by atoms with Crippen LogP contribution in [0, 0.1) is 5.92 Å². The molecule has 0 saturated carbocycles. The predicted octanol–water partition coefficient (Wildman–Crippen LogP) is 6.23. The number of rotatable bonds is 7. The van der Waals surface area contributed by atoms with Gasteiger partial charge in [-0.1, -0.05) is 43.1 Å². The fourth-order valence-corrected chi connectivity index (χ4v) is 3.23. The normalized spacial score (nSPS) is 15.2. The van der Waals surface area contributed by atoms with Crippen molar-refractivity contribution in [1.29, 1.82) is 0 Å². The number of methoxy groups -OCH3 is 1. The third kappa shape index (κ3) is 4.97. The van der Waals surface area contributed by atoms with Crippen molar-refractivity contribution in [2.24, 2.45) is 11.0 Å². The Labute approximate surface area is 186 Å². The maximum Gasteiger partial charge on any atom is 0.280 e. The van der Waals surface area contributed by atoms with Crippen LogP contribution < -0.4 is 14.5 Å². The second-order valence-electron chi connectivity index (χ2n) is 7.40. The monoisotopic (exact) mass is 446 g/mol. The first-order valence-corrected chi connectivity index (χ1v) is 10.4. The van der Waals surface area contributed by atoms with Gasteiger partial charge in [0.2, 0.25) is 0 Å². The third-order valence-electron chi connectivity index (χ3n) is 4.66. The van der Waals surface area contributed by atoms with Crippen molar-refractivity contribution >= 4 is 46.6 Å². The summed E-state index contributed by atoms with van der Waals surface area (Å²) in [6.07, 6.45) is 2.75. The lowest BCUT2D eigenvalue weighted by molar-refractivity contribution is -0.114. The molecule has 3 rings (SSSR count). The quantitative estimate of drug-likeness (QED) is 0.473. The van der Waals surface area contributed by atoms with E-state index in [4.69, 9.17) is 32.7 Å². The molecule has 0 saturated heterocycles. The molecule has 0 aliphatic carbocycles. The van der Waals surface area contributed by atoms with Crippen molar-refractivity contribution < 1.29 is 14.3 Å². The molecule has 1 aliphatic rings. The first-order chi connectivity index (χ1) is 14.3. The maximum absolute atomic E-state index is 13.0. The molecule has 30 heavy (non-hydrogen) atoms. The highest BCUT2D eigenvalue weighted by Crippen LogP contribution is 2.32. The number of amides is 1. The van der Waals surface area contributed by atoms with Crippen LogP contribution in [-0.4, -0.2) is 25.3 Å². The summed E-state index contributed by atoms with van der Waals surface area (Å²) in [6.45, 7) is 6.72. The number of nitrogens with zero attached hydrogens (tertiary/aromatic N) is 2. The number of hydrogen-bond acceptors (Lipinski definition) is 4. The molecular weight excluding hydrogens is 423 g/mol. The second kappa shape index (κ2) is 9.54. The molecule has 2 aromatic carbocycles. The van der Waals surface area contributed by atoms with Gasteiger partial charge in [-0.15, -0.1) is 0 Å². The maximum atomic E-state index is 13.0. The van der Waals surface area contributed by atoms with Gasteiger partial charge in [0, 0.05) is 0 Å². The summed E-state index contributed by atoms with van der Waals surface area (Å²) in [4.78, 5) is 13.0. The Balaban J connectivity index is 1.83. The molecule has 1 amide bonds. The van der Waals surface area contributed by atoms with Gasteiger partial charge in [-0.2, -0.15) is 10.1 Å². The Morgan fingerprint density at radius 2 is 1.87 bits per heavy atom. The summed E-state index contributed by atoms with van der Waals surface area (Å²) >= 11 is 12.1. The first-order valence-electron chi connectivity index (χ1n) is 9.67. The number of ether oxygens (including phenoxy) is 2. The second-order valence-corrected chi connectivity index (χ2v) is 8.21. The Bertz CT molecular complexity index is 1020. The van der Waals surface area contributed by atoms with Gasteiger partial charge in [0.1, 0.15) is 0 Å². The minimum Gasteiger partial charge on any atom is -0.493 e. The molecule has 0 fully saturated rings. The summed E-state index contributed by atoms with van der Waals surface area (Å²) < 4.78 is 11.3. The molecule has 0 bridgehead atoms. The van der Waals surface area contributed by atoms with Crippen LogP contribution in [0.15, 0.2) is 47.1 Å². The number of carbonyl (C=O) groups is 1. The molecule has 0 spiro atoms. The van der Waals surface area contributed by atoms with Gasteiger partial charge in [0.05, 0.1) is 40.7 Å². The summed E-state index contributed by atoms with van der Waals surface area (Å²) in [5.41, 5.74) is 2.49. The van der Waals surface area contributed by atoms with Crippen LogP contribution in [0.4, 0.5) is 5.69 Å². The van der Waals surface area contributed by atoms with Crippen LogP contribution in [0.25, 0.3) is 6.08 Å². The topological polar surface area (TPSA) is 51.1 Å². The van der Waals surface area contributed by atoms with E-state index in [1.807, 2.05) is 18.2 Å². The van der Waals surface area contributed by atoms with Gasteiger partial charge in [0.15, 0.2) is 11.5 Å². The molecule has 7 heteroatoms. The number of hydrogen-bond donors (Lipinski definition) is 0. The van der Waals surface area contributed by atoms with Crippen LogP contribution in [0.1, 0.15) is 32.8 Å². The van der Waals surface area contributed by atoms with Crippen molar-refractivity contribution in [3.63, 3.8) is 0 Å². The fraction of sp³-hybridized carbons (Fsp3) is 0.304. The number of carbonyl (C=O) groups excluding carboxylic acids is 1. The Morgan fingerprint density at radius 3 is 2.53 bits per heavy atom. The largest absolute Gasteiger partial charge is 0.493 e. The highest BCUT2D eigenvalue weighted by Gasteiger charge is 2.29. The first kappa shape index (κ1) is 22.2. The smallest absolute Gasteiger partial charge is 0.280 e. The predicted molar refractivity (Wildman–Crippen MR) is 123 cm³/mol. The lowest BCUT2D eigenvalue weighted by Crippen LogP contribution is -2.21. The molecule has 0 radical (unpaired) electrons. The molecule has 1 heterocycles. The number of benzene rings is 2. The Morgan fingerprint density at radius 1 is 1.10 bits per heavy atom. The number of anilines is 1. The highest BCUT2D eigenvalue weighted by molar-refractivity contribution is 6.42. The van der Waals surface area contributed by atoms with Crippen LogP contribution in [0.5, 0.6) is 11.5 Å². The van der Waals surface area contributed by atoms with Crippen molar-refractivity contribution in [1.82, 2.24) is 0 Å². The van der Waals surface area contributed by atoms with Gasteiger partial charge in [-0.05, 0) is 61.2 Å². The minimum atomic E-state index is -0.234. The van der Waals surface area contributed by atoms with Crippen LogP contribution >= 0.6 is 23.2 Å². The number of halogens is 2. The molecule has 158 valence electrons. The van der Waals surface area contributed by atoms with Crippen LogP contribution in [0.3, 0.4) is 0 Å². The standard InChI is InChI=1S/C23H24Cl2N2O3/c1-14(2)9-10-30-21-8-5-16(12-22(21)29-4)11-18-15(3)26-27(23(18)28)17-6-7-19(24)20(25)13-17/h5-8,11-14H,9-10H2,1-4H3/b18-11+. The summed E-state index contributed by atoms with van der Waals surface area (Å²) in [5, 5.41) is 6.49. The van der Waals surface area contributed by atoms with Gasteiger partial charge >= 0.3 is 0 Å². The third-order valence-corrected chi connectivity index (χ3v) is 5.40. The SMILES string of the molecule is COc1cc(/C=C2/C(=O)N(c3ccc(Cl)c(Cl)c3)N=C2C)ccc1OCCC(C)C. The van der Waals surface area contributed by atoms with Crippen molar-refractivity contribution in [2.45, 2.75) is 27.2 Å². The molecule has 0 aromatic heterocycles. The average molecular weight is 447 g/mol. The summed E-state index contributed by atoms with van der Waals surface area (Å²) in [5.74, 6) is 1.63. The molecule has 5 nitrogen and oxygen atoms in total. The molecule has 2 aromatic rings. The van der Waals surface area contributed by atoms with Crippen molar-refractivity contribution in [3.05, 3.63) is 57.6 Å². The van der Waals surface area contributed by atoms with Crippen LogP contribution in [0.2, 0.25) is 10.0 Å². The Hall–Kier alpha value is -2.50. The number of hydrazone groups is 1. The molecule has 0 N–H and O–H groups in total. The van der Waals surface area contributed by atoms with Crippen molar-refractivity contribution in [2.75, 3.05) is 18.7 Å². The average Bonchev–Trinajstić information content (AvgIpc) is 2.99. The fourth-order valence-electron chi connectivity index (χ4n) is 2.94. The van der Waals surface area contributed by atoms with Gasteiger partial charge in [-0.3, -0.25) is 4.79 Å². The van der Waals surface area contributed by atoms with E-state index in [2.05, 4.69) is 18.9 Å². The van der Waals surface area contributed by atoms with E-state index in [1.165, 1.54) is 5.01 Å². The van der Waals surface area contributed by atoms with Gasteiger partial charge in [-0.25, -0.2) is 0 Å². The van der Waals surface area contributed by atoms with Crippen LogP contribution in [-0.2, 0) is 4.79 Å². The van der Waals surface area contributed by atoms with E-state index in [9.17, 15) is 4.79 Å². The summed E-state index contributed by atoms with van der Waals surface area (Å²) in [7, 11) is 1.60. The summed E-state index contributed by atoms with van der Waals surface area (Å²) in [6, 6.07) is 10.6. The van der Waals surface area contributed by atoms with Gasteiger partial charge in [0.25, 0.3) is 5.91 Å². The van der Waals surface area contributed by atoms with E-state index in [-0.39, 0.29) is 5.91 Å². The van der Waals surface area contributed by atoms with Crippen molar-refractivity contribution in [3.8, 4) is 11.5 Å². The van der Waals surface area contributed by atoms with E-state index < -0.39 is 0 Å². The zero-order valence-corrected chi connectivity index (χ0v) is 18.9. The molecule has 0 atom stereocenters.